The SMILES string of the molecule is Cn1c(N)c(N2CCCCC2)c(=O)n(CC(=O)Nc2cccc(Cl)c2)c1=O. The molecule has 1 amide bonds. The lowest BCUT2D eigenvalue weighted by molar-refractivity contribution is -0.116. The van der Waals surface area contributed by atoms with Gasteiger partial charge in [0.2, 0.25) is 5.91 Å². The van der Waals surface area contributed by atoms with E-state index in [1.54, 1.807) is 24.3 Å². The predicted octanol–water partition coefficient (Wildman–Crippen LogP) is 1.41. The van der Waals surface area contributed by atoms with Crippen LogP contribution in [0.4, 0.5) is 17.2 Å². The van der Waals surface area contributed by atoms with Crippen LogP contribution in [0.3, 0.4) is 0 Å². The molecule has 9 heteroatoms. The van der Waals surface area contributed by atoms with Gasteiger partial charge in [0.1, 0.15) is 18.1 Å². The zero-order valence-electron chi connectivity index (χ0n) is 15.1. The zero-order chi connectivity index (χ0) is 19.6. The Bertz CT molecular complexity index is 976. The molecule has 0 radical (unpaired) electrons. The molecule has 2 heterocycles. The third kappa shape index (κ3) is 4.00. The third-order valence-corrected chi connectivity index (χ3v) is 4.89. The minimum absolute atomic E-state index is 0.124. The number of rotatable bonds is 4. The molecule has 1 fully saturated rings. The average molecular weight is 392 g/mol. The molecule has 0 unspecified atom stereocenters. The summed E-state index contributed by atoms with van der Waals surface area (Å²) in [7, 11) is 1.50. The van der Waals surface area contributed by atoms with Gasteiger partial charge in [0.15, 0.2) is 0 Å². The normalized spacial score (nSPS) is 14.2. The second-order valence-electron chi connectivity index (χ2n) is 6.57. The Morgan fingerprint density at radius 1 is 1.22 bits per heavy atom. The van der Waals surface area contributed by atoms with Gasteiger partial charge in [-0.2, -0.15) is 0 Å². The Morgan fingerprint density at radius 3 is 2.59 bits per heavy atom. The van der Waals surface area contributed by atoms with Crippen LogP contribution in [-0.2, 0) is 18.4 Å². The summed E-state index contributed by atoms with van der Waals surface area (Å²) in [5.41, 5.74) is 5.65. The molecule has 0 aliphatic carbocycles. The number of benzene rings is 1. The number of nitrogens with one attached hydrogen (secondary N) is 1. The summed E-state index contributed by atoms with van der Waals surface area (Å²) in [5.74, 6) is -0.371. The molecule has 3 rings (SSSR count). The molecule has 27 heavy (non-hydrogen) atoms. The highest BCUT2D eigenvalue weighted by Gasteiger charge is 2.23. The van der Waals surface area contributed by atoms with E-state index in [1.165, 1.54) is 11.6 Å². The zero-order valence-corrected chi connectivity index (χ0v) is 15.8. The van der Waals surface area contributed by atoms with Gasteiger partial charge in [0.05, 0.1) is 0 Å². The van der Waals surface area contributed by atoms with Crippen LogP contribution < -0.4 is 27.2 Å². The summed E-state index contributed by atoms with van der Waals surface area (Å²) < 4.78 is 2.12. The van der Waals surface area contributed by atoms with E-state index in [1.807, 2.05) is 4.90 Å². The molecule has 0 bridgehead atoms. The van der Waals surface area contributed by atoms with Crippen molar-refractivity contribution in [1.29, 1.82) is 0 Å². The molecule has 1 aromatic carbocycles. The molecule has 1 aromatic heterocycles. The quantitative estimate of drug-likeness (QED) is 0.820. The first kappa shape index (κ1) is 19.0. The van der Waals surface area contributed by atoms with E-state index in [0.29, 0.717) is 23.8 Å². The van der Waals surface area contributed by atoms with Gasteiger partial charge in [-0.3, -0.25) is 14.2 Å². The Morgan fingerprint density at radius 2 is 1.93 bits per heavy atom. The highest BCUT2D eigenvalue weighted by molar-refractivity contribution is 6.30. The highest BCUT2D eigenvalue weighted by atomic mass is 35.5. The van der Waals surface area contributed by atoms with Gasteiger partial charge in [0, 0.05) is 30.8 Å². The summed E-state index contributed by atoms with van der Waals surface area (Å²) in [6, 6.07) is 6.64. The largest absolute Gasteiger partial charge is 0.383 e. The summed E-state index contributed by atoms with van der Waals surface area (Å²) >= 11 is 5.90. The van der Waals surface area contributed by atoms with Gasteiger partial charge < -0.3 is 16.0 Å². The number of nitrogens with zero attached hydrogens (tertiary/aromatic N) is 3. The monoisotopic (exact) mass is 391 g/mol. The van der Waals surface area contributed by atoms with Crippen molar-refractivity contribution in [3.63, 3.8) is 0 Å². The van der Waals surface area contributed by atoms with E-state index < -0.39 is 23.7 Å². The molecule has 2 aromatic rings. The van der Waals surface area contributed by atoms with Crippen molar-refractivity contribution in [2.45, 2.75) is 25.8 Å². The van der Waals surface area contributed by atoms with E-state index >= 15 is 0 Å². The van der Waals surface area contributed by atoms with Gasteiger partial charge in [-0.1, -0.05) is 17.7 Å². The molecular weight excluding hydrogens is 370 g/mol. The molecule has 0 saturated carbocycles. The fourth-order valence-corrected chi connectivity index (χ4v) is 3.42. The lowest BCUT2D eigenvalue weighted by Crippen LogP contribution is -2.46. The number of aromatic nitrogens is 2. The minimum atomic E-state index is -0.625. The summed E-state index contributed by atoms with van der Waals surface area (Å²) in [6.45, 7) is 0.998. The van der Waals surface area contributed by atoms with E-state index in [-0.39, 0.29) is 11.5 Å². The predicted molar refractivity (Wildman–Crippen MR) is 107 cm³/mol. The van der Waals surface area contributed by atoms with Crippen LogP contribution in [0.25, 0.3) is 0 Å². The first-order chi connectivity index (χ1) is 12.9. The summed E-state index contributed by atoms with van der Waals surface area (Å²) in [4.78, 5) is 39.7. The first-order valence-electron chi connectivity index (χ1n) is 8.78. The van der Waals surface area contributed by atoms with Crippen LogP contribution in [0.5, 0.6) is 0 Å². The topological polar surface area (TPSA) is 102 Å². The summed E-state index contributed by atoms with van der Waals surface area (Å²) in [5, 5.41) is 3.12. The molecule has 1 aliphatic rings. The molecule has 0 atom stereocenters. The van der Waals surface area contributed by atoms with E-state index in [4.69, 9.17) is 17.3 Å². The Balaban J connectivity index is 1.92. The van der Waals surface area contributed by atoms with Crippen LogP contribution in [0, 0.1) is 0 Å². The fraction of sp³-hybridized carbons (Fsp3) is 0.389. The van der Waals surface area contributed by atoms with Crippen LogP contribution in [0.15, 0.2) is 33.9 Å². The Kier molecular flexibility index (Phi) is 5.55. The number of anilines is 3. The van der Waals surface area contributed by atoms with Crippen molar-refractivity contribution in [3.8, 4) is 0 Å². The lowest BCUT2D eigenvalue weighted by Gasteiger charge is -2.29. The van der Waals surface area contributed by atoms with Crippen molar-refractivity contribution >= 4 is 34.7 Å². The van der Waals surface area contributed by atoms with Gasteiger partial charge in [0.25, 0.3) is 5.56 Å². The number of piperidine rings is 1. The number of halogens is 1. The van der Waals surface area contributed by atoms with E-state index in [0.717, 1.165) is 23.8 Å². The maximum absolute atomic E-state index is 12.9. The summed E-state index contributed by atoms with van der Waals surface area (Å²) in [6.07, 6.45) is 3.01. The van der Waals surface area contributed by atoms with Crippen molar-refractivity contribution in [2.24, 2.45) is 7.05 Å². The van der Waals surface area contributed by atoms with E-state index in [9.17, 15) is 14.4 Å². The van der Waals surface area contributed by atoms with Gasteiger partial charge >= 0.3 is 5.69 Å². The van der Waals surface area contributed by atoms with Gasteiger partial charge in [-0.05, 0) is 37.5 Å². The van der Waals surface area contributed by atoms with Gasteiger partial charge in [-0.15, -0.1) is 0 Å². The van der Waals surface area contributed by atoms with Crippen LogP contribution >= 0.6 is 11.6 Å². The van der Waals surface area contributed by atoms with Gasteiger partial charge in [-0.25, -0.2) is 9.36 Å². The van der Waals surface area contributed by atoms with Crippen molar-refractivity contribution in [1.82, 2.24) is 9.13 Å². The molecule has 3 N–H and O–H groups in total. The van der Waals surface area contributed by atoms with E-state index in [2.05, 4.69) is 5.32 Å². The molecule has 1 aliphatic heterocycles. The first-order valence-corrected chi connectivity index (χ1v) is 9.16. The number of hydrogen-bond donors (Lipinski definition) is 2. The van der Waals surface area contributed by atoms with Crippen molar-refractivity contribution < 1.29 is 4.79 Å². The number of hydrogen-bond acceptors (Lipinski definition) is 5. The molecular formula is C18H22ClN5O3. The minimum Gasteiger partial charge on any atom is -0.383 e. The maximum atomic E-state index is 12.9. The molecule has 0 spiro atoms. The van der Waals surface area contributed by atoms with Crippen LogP contribution in [0.1, 0.15) is 19.3 Å². The second kappa shape index (κ2) is 7.87. The standard InChI is InChI=1S/C18H22ClN5O3/c1-22-16(20)15(23-8-3-2-4-9-23)17(26)24(18(22)27)11-14(25)21-13-7-5-6-12(19)10-13/h5-7,10H,2-4,8-9,11,20H2,1H3,(H,21,25). The average Bonchev–Trinajstić information content (AvgIpc) is 2.65. The number of carbonyl (C=O) groups is 1. The van der Waals surface area contributed by atoms with Crippen LogP contribution in [-0.4, -0.2) is 28.1 Å². The Labute approximate surface area is 161 Å². The van der Waals surface area contributed by atoms with Crippen molar-refractivity contribution in [3.05, 3.63) is 50.1 Å². The smallest absolute Gasteiger partial charge is 0.332 e. The highest BCUT2D eigenvalue weighted by Crippen LogP contribution is 2.21. The van der Waals surface area contributed by atoms with Crippen molar-refractivity contribution in [2.75, 3.05) is 29.0 Å². The van der Waals surface area contributed by atoms with Crippen LogP contribution in [0.2, 0.25) is 5.02 Å². The number of amides is 1. The second-order valence-corrected chi connectivity index (χ2v) is 7.01. The third-order valence-electron chi connectivity index (χ3n) is 4.65. The number of nitrogen functional groups attached to an aromatic ring is 1. The lowest BCUT2D eigenvalue weighted by atomic mass is 10.1. The fourth-order valence-electron chi connectivity index (χ4n) is 3.23. The molecule has 1 saturated heterocycles. The molecule has 8 nitrogen and oxygen atoms in total. The number of nitrogens with two attached hydrogens (primary N) is 1. The number of carbonyl (C=O) groups excluding carboxylic acids is 1. The maximum Gasteiger partial charge on any atom is 0.332 e. The molecule has 144 valence electrons. The Hall–Kier alpha value is -2.74.